The lowest BCUT2D eigenvalue weighted by Crippen LogP contribution is -2.60. The highest BCUT2D eigenvalue weighted by Crippen LogP contribution is 2.64. The number of anilines is 2. The number of methoxy groups -OCH3 is 2. The molecule has 3 aromatic rings. The van der Waals surface area contributed by atoms with E-state index in [1.54, 1.807) is 6.08 Å². The number of benzene rings is 3. The van der Waals surface area contributed by atoms with Crippen LogP contribution in [0.4, 0.5) is 33.3 Å². The standard InChI is InChI=1S/C36H24Cl3F5N2O7/c1-52-21-11-14(12-22(53-2)30(21)47)3-10-20-17-8-9-18-23(32(49)45(31(18)48)16-6-4-15(37)5-7-16)19(17)13-35(38)33(50)46(34(51)36(20,35)39)29-27(43)25(41)24(40)26(42)28(29)44/h3-8,10-12,18-20,23,47H,9,13H2,1-2H3. The Balaban J connectivity index is 1.41. The largest absolute Gasteiger partial charge is 0.502 e. The van der Waals surface area contributed by atoms with Gasteiger partial charge in [-0.25, -0.2) is 26.9 Å². The van der Waals surface area contributed by atoms with Gasteiger partial charge in [-0.1, -0.05) is 35.4 Å². The molecule has 2 aliphatic carbocycles. The van der Waals surface area contributed by atoms with Gasteiger partial charge < -0.3 is 14.6 Å². The number of rotatable bonds is 6. The number of phenolic OH excluding ortho intramolecular Hbond substituents is 1. The van der Waals surface area contributed by atoms with Crippen molar-refractivity contribution in [3.8, 4) is 17.2 Å². The Morgan fingerprint density at radius 3 is 1.94 bits per heavy atom. The highest BCUT2D eigenvalue weighted by molar-refractivity contribution is 6.58. The molecule has 1 N–H and O–H groups in total. The molecule has 0 spiro atoms. The minimum Gasteiger partial charge on any atom is -0.502 e. The van der Waals surface area contributed by atoms with Crippen LogP contribution in [0.5, 0.6) is 17.2 Å². The maximum Gasteiger partial charge on any atom is 0.258 e. The topological polar surface area (TPSA) is 113 Å². The number of fused-ring (bicyclic) bond motifs is 4. The van der Waals surface area contributed by atoms with E-state index in [-0.39, 0.29) is 45.4 Å². The number of halogens is 8. The van der Waals surface area contributed by atoms with Crippen molar-refractivity contribution < 1.29 is 55.7 Å². The van der Waals surface area contributed by atoms with Gasteiger partial charge in [0.15, 0.2) is 44.5 Å². The summed E-state index contributed by atoms with van der Waals surface area (Å²) in [5.41, 5.74) is -1.13. The van der Waals surface area contributed by atoms with Crippen LogP contribution in [0, 0.1) is 52.8 Å². The predicted octanol–water partition coefficient (Wildman–Crippen LogP) is 7.07. The van der Waals surface area contributed by atoms with Gasteiger partial charge in [-0.05, 0) is 60.7 Å². The van der Waals surface area contributed by atoms with Crippen molar-refractivity contribution in [3.63, 3.8) is 0 Å². The van der Waals surface area contributed by atoms with Crippen LogP contribution < -0.4 is 19.3 Å². The summed E-state index contributed by atoms with van der Waals surface area (Å²) in [6, 6.07) is 8.63. The molecule has 9 nitrogen and oxygen atoms in total. The number of imide groups is 2. The number of ether oxygens (including phenoxy) is 2. The van der Waals surface area contributed by atoms with Gasteiger partial charge in [0.05, 0.1) is 31.7 Å². The van der Waals surface area contributed by atoms with Gasteiger partial charge in [-0.15, -0.1) is 23.2 Å². The van der Waals surface area contributed by atoms with Gasteiger partial charge in [0.2, 0.25) is 23.4 Å². The number of alkyl halides is 2. The second-order valence-corrected chi connectivity index (χ2v) is 14.5. The highest BCUT2D eigenvalue weighted by Gasteiger charge is 2.76. The number of aromatic hydroxyl groups is 1. The summed E-state index contributed by atoms with van der Waals surface area (Å²) >= 11 is 20.2. The van der Waals surface area contributed by atoms with Gasteiger partial charge >= 0.3 is 0 Å². The molecule has 3 fully saturated rings. The van der Waals surface area contributed by atoms with Gasteiger partial charge in [-0.3, -0.25) is 24.1 Å². The first-order chi connectivity index (χ1) is 25.0. The SMILES string of the molecule is COc1cc(C=CC2C3=CCC4C(=O)N(c5ccc(Cl)cc5)C(=O)C4C3CC3(Cl)C(=O)N(c4c(F)c(F)c(F)c(F)c4F)C(=O)C23Cl)cc(OC)c1O. The molecule has 53 heavy (non-hydrogen) atoms. The summed E-state index contributed by atoms with van der Waals surface area (Å²) in [5, 5.41) is 10.8. The number of phenols is 1. The summed E-state index contributed by atoms with van der Waals surface area (Å²) in [6.45, 7) is 0. The van der Waals surface area contributed by atoms with E-state index in [4.69, 9.17) is 44.3 Å². The lowest BCUT2D eigenvalue weighted by molar-refractivity contribution is -0.125. The fraction of sp³-hybridized carbons (Fsp3) is 0.278. The zero-order valence-corrected chi connectivity index (χ0v) is 29.5. The van der Waals surface area contributed by atoms with Gasteiger partial charge in [-0.2, -0.15) is 0 Å². The molecular formula is C36H24Cl3F5N2O7. The van der Waals surface area contributed by atoms with Crippen LogP contribution in [0.15, 0.2) is 54.1 Å². The van der Waals surface area contributed by atoms with Crippen LogP contribution >= 0.6 is 34.8 Å². The van der Waals surface area contributed by atoms with Crippen molar-refractivity contribution in [2.75, 3.05) is 24.0 Å². The summed E-state index contributed by atoms with van der Waals surface area (Å²) in [7, 11) is 2.55. The summed E-state index contributed by atoms with van der Waals surface area (Å²) < 4.78 is 83.9. The highest BCUT2D eigenvalue weighted by atomic mass is 35.5. The van der Waals surface area contributed by atoms with E-state index in [2.05, 4.69) is 0 Å². The number of carbonyl (C=O) groups is 4. The zero-order chi connectivity index (χ0) is 38.5. The Hall–Kier alpha value is -4.66. The lowest BCUT2D eigenvalue weighted by Gasteiger charge is -2.49. The predicted molar refractivity (Wildman–Crippen MR) is 181 cm³/mol. The maximum absolute atomic E-state index is 15.2. The van der Waals surface area contributed by atoms with E-state index in [9.17, 15) is 37.5 Å². The number of hydrogen-bond donors (Lipinski definition) is 1. The minimum atomic E-state index is -2.69. The molecule has 4 amide bonds. The summed E-state index contributed by atoms with van der Waals surface area (Å²) in [5.74, 6) is -21.9. The molecule has 0 aromatic heterocycles. The van der Waals surface area contributed by atoms with Crippen molar-refractivity contribution >= 4 is 75.9 Å². The summed E-state index contributed by atoms with van der Waals surface area (Å²) in [6.07, 6.45) is 3.57. The van der Waals surface area contributed by atoms with E-state index >= 15 is 8.78 Å². The minimum absolute atomic E-state index is 0.0283. The molecule has 2 heterocycles. The third-order valence-electron chi connectivity index (χ3n) is 10.3. The molecule has 2 aliphatic heterocycles. The summed E-state index contributed by atoms with van der Waals surface area (Å²) in [4.78, 5) is 51.9. The monoisotopic (exact) mass is 796 g/mol. The first-order valence-corrected chi connectivity index (χ1v) is 16.9. The molecule has 0 bridgehead atoms. The van der Waals surface area contributed by atoms with Crippen molar-refractivity contribution in [3.05, 3.63) is 93.8 Å². The third kappa shape index (κ3) is 5.01. The molecule has 17 heteroatoms. The molecule has 1 saturated carbocycles. The van der Waals surface area contributed by atoms with Crippen LogP contribution in [0.25, 0.3) is 6.08 Å². The second-order valence-electron chi connectivity index (χ2n) is 12.9. The Kier molecular flexibility index (Phi) is 8.82. The van der Waals surface area contributed by atoms with Crippen LogP contribution in [0.2, 0.25) is 5.02 Å². The third-order valence-corrected chi connectivity index (χ3v) is 12.0. The van der Waals surface area contributed by atoms with Crippen LogP contribution in [-0.2, 0) is 19.2 Å². The molecule has 3 aromatic carbocycles. The Labute approximate surface area is 312 Å². The molecule has 7 rings (SSSR count). The maximum atomic E-state index is 15.2. The first kappa shape index (κ1) is 36.7. The number of hydrogen-bond acceptors (Lipinski definition) is 7. The lowest BCUT2D eigenvalue weighted by atomic mass is 9.57. The first-order valence-electron chi connectivity index (χ1n) is 15.8. The Morgan fingerprint density at radius 1 is 0.811 bits per heavy atom. The molecular weight excluding hydrogens is 774 g/mol. The van der Waals surface area contributed by atoms with Crippen molar-refractivity contribution in [1.82, 2.24) is 0 Å². The fourth-order valence-electron chi connectivity index (χ4n) is 7.88. The van der Waals surface area contributed by atoms with Gasteiger partial charge in [0.25, 0.3) is 11.8 Å². The molecule has 4 aliphatic rings. The van der Waals surface area contributed by atoms with E-state index in [1.165, 1.54) is 62.8 Å². The second kappa shape index (κ2) is 12.7. The molecule has 6 atom stereocenters. The molecule has 6 unspecified atom stereocenters. The van der Waals surface area contributed by atoms with Crippen LogP contribution in [0.3, 0.4) is 0 Å². The molecule has 2 saturated heterocycles. The van der Waals surface area contributed by atoms with E-state index in [0.717, 1.165) is 4.90 Å². The Bertz CT molecular complexity index is 2170. The smallest absolute Gasteiger partial charge is 0.258 e. The number of amides is 4. The quantitative estimate of drug-likeness (QED) is 0.0709. The normalized spacial score (nSPS) is 28.0. The van der Waals surface area contributed by atoms with Crippen LogP contribution in [0.1, 0.15) is 18.4 Å². The molecule has 276 valence electrons. The average molecular weight is 798 g/mol. The van der Waals surface area contributed by atoms with Crippen molar-refractivity contribution in [2.24, 2.45) is 23.7 Å². The average Bonchev–Trinajstić information content (AvgIpc) is 3.48. The van der Waals surface area contributed by atoms with Gasteiger partial charge in [0, 0.05) is 10.9 Å². The van der Waals surface area contributed by atoms with E-state index < -0.39 is 98.2 Å². The Morgan fingerprint density at radius 2 is 1.38 bits per heavy atom. The van der Waals surface area contributed by atoms with E-state index in [0.29, 0.717) is 5.02 Å². The zero-order valence-electron chi connectivity index (χ0n) is 27.2. The molecule has 0 radical (unpaired) electrons. The number of carbonyl (C=O) groups excluding carboxylic acids is 4. The van der Waals surface area contributed by atoms with Gasteiger partial charge in [0.1, 0.15) is 5.69 Å². The number of allylic oxidation sites excluding steroid dienone is 3. The van der Waals surface area contributed by atoms with Crippen molar-refractivity contribution in [1.29, 1.82) is 0 Å². The van der Waals surface area contributed by atoms with Crippen molar-refractivity contribution in [2.45, 2.75) is 22.6 Å². The van der Waals surface area contributed by atoms with E-state index in [1.807, 2.05) is 0 Å². The fourth-order valence-corrected chi connectivity index (χ4v) is 8.89. The number of nitrogens with zero attached hydrogens (tertiary/aromatic N) is 2. The van der Waals surface area contributed by atoms with Crippen LogP contribution in [-0.4, -0.2) is 52.7 Å².